The van der Waals surface area contributed by atoms with Gasteiger partial charge in [0, 0.05) is 10.0 Å². The zero-order valence-electron chi connectivity index (χ0n) is 14.4. The number of nitrogens with zero attached hydrogens (tertiary/aromatic N) is 1. The Morgan fingerprint density at radius 3 is 2.10 bits per heavy atom. The van der Waals surface area contributed by atoms with Crippen molar-refractivity contribution in [2.45, 2.75) is 0 Å². The van der Waals surface area contributed by atoms with Crippen molar-refractivity contribution in [1.29, 1.82) is 0 Å². The van der Waals surface area contributed by atoms with Gasteiger partial charge in [0.25, 0.3) is 5.91 Å². The lowest BCUT2D eigenvalue weighted by Crippen LogP contribution is -2.34. The zero-order valence-corrected chi connectivity index (χ0v) is 17.4. The number of urea groups is 1. The summed E-state index contributed by atoms with van der Waals surface area (Å²) >= 11 is 23.8. The van der Waals surface area contributed by atoms with Crippen LogP contribution < -0.4 is 15.4 Å². The Morgan fingerprint density at radius 2 is 1.52 bits per heavy atom. The number of hydrogen-bond donors (Lipinski definition) is 2. The number of ether oxygens (including phenoxy) is 1. The first-order valence-corrected chi connectivity index (χ1v) is 9.49. The first kappa shape index (κ1) is 21.2. The molecule has 0 aliphatic carbocycles. The quantitative estimate of drug-likeness (QED) is 0.459. The normalized spacial score (nSPS) is 10.3. The number of benzene rings is 2. The molecule has 3 aromatic rings. The summed E-state index contributed by atoms with van der Waals surface area (Å²) in [5, 5.41) is 5.67. The van der Waals surface area contributed by atoms with Crippen molar-refractivity contribution in [1.82, 2.24) is 10.3 Å². The molecule has 0 fully saturated rings. The fourth-order valence-electron chi connectivity index (χ4n) is 2.27. The second kappa shape index (κ2) is 9.33. The molecule has 0 saturated heterocycles. The number of hydrogen-bond acceptors (Lipinski definition) is 4. The van der Waals surface area contributed by atoms with E-state index in [2.05, 4.69) is 15.6 Å². The van der Waals surface area contributed by atoms with Crippen LogP contribution in [0.5, 0.6) is 11.5 Å². The van der Waals surface area contributed by atoms with Gasteiger partial charge in [0.2, 0.25) is 0 Å². The maximum absolute atomic E-state index is 12.2. The highest BCUT2D eigenvalue weighted by Gasteiger charge is 2.17. The summed E-state index contributed by atoms with van der Waals surface area (Å²) in [4.78, 5) is 28.3. The standard InChI is InChI=1S/C19H11Cl4N3O3/c20-10-6-11(21)8-13(7-10)29-12-4-5-16(24-9-12)25-19(28)26-18(27)17-14(22)2-1-3-15(17)23/h1-9H,(H2,24,25,26,27,28). The highest BCUT2D eigenvalue weighted by atomic mass is 35.5. The van der Waals surface area contributed by atoms with Crippen molar-refractivity contribution >= 4 is 64.2 Å². The third kappa shape index (κ3) is 5.74. The summed E-state index contributed by atoms with van der Waals surface area (Å²) in [5.41, 5.74) is 0.00266. The minimum Gasteiger partial charge on any atom is -0.456 e. The largest absolute Gasteiger partial charge is 0.456 e. The SMILES string of the molecule is O=C(NC(=O)c1c(Cl)cccc1Cl)Nc1ccc(Oc2cc(Cl)cc(Cl)c2)cn1. The molecule has 2 aromatic carbocycles. The Hall–Kier alpha value is -2.51. The van der Waals surface area contributed by atoms with Crippen molar-refractivity contribution in [3.63, 3.8) is 0 Å². The van der Waals surface area contributed by atoms with Crippen LogP contribution in [0.15, 0.2) is 54.7 Å². The number of amides is 3. The van der Waals surface area contributed by atoms with Gasteiger partial charge < -0.3 is 4.74 Å². The number of carbonyl (C=O) groups is 2. The van der Waals surface area contributed by atoms with E-state index in [9.17, 15) is 9.59 Å². The predicted octanol–water partition coefficient (Wildman–Crippen LogP) is 6.45. The van der Waals surface area contributed by atoms with Gasteiger partial charge in [0.15, 0.2) is 0 Å². The Balaban J connectivity index is 1.62. The maximum Gasteiger partial charge on any atom is 0.327 e. The molecule has 3 rings (SSSR count). The van der Waals surface area contributed by atoms with Gasteiger partial charge in [0.1, 0.15) is 17.3 Å². The maximum atomic E-state index is 12.2. The van der Waals surface area contributed by atoms with E-state index in [4.69, 9.17) is 51.1 Å². The number of rotatable bonds is 4. The molecule has 0 saturated carbocycles. The summed E-state index contributed by atoms with van der Waals surface area (Å²) in [5.74, 6) is 0.283. The molecule has 1 aromatic heterocycles. The van der Waals surface area contributed by atoms with Gasteiger partial charge in [-0.15, -0.1) is 0 Å². The van der Waals surface area contributed by atoms with Crippen molar-refractivity contribution in [3.05, 3.63) is 80.4 Å². The van der Waals surface area contributed by atoms with Gasteiger partial charge in [-0.3, -0.25) is 15.4 Å². The summed E-state index contributed by atoms with van der Waals surface area (Å²) in [6.07, 6.45) is 1.39. The average molecular weight is 471 g/mol. The van der Waals surface area contributed by atoms with Crippen LogP contribution in [-0.2, 0) is 0 Å². The van der Waals surface area contributed by atoms with Crippen LogP contribution in [0.3, 0.4) is 0 Å². The number of anilines is 1. The molecule has 10 heteroatoms. The highest BCUT2D eigenvalue weighted by Crippen LogP contribution is 2.28. The van der Waals surface area contributed by atoms with Gasteiger partial charge in [-0.25, -0.2) is 9.78 Å². The molecule has 0 bridgehead atoms. The monoisotopic (exact) mass is 469 g/mol. The van der Waals surface area contributed by atoms with E-state index in [1.807, 2.05) is 0 Å². The van der Waals surface area contributed by atoms with Crippen LogP contribution in [-0.4, -0.2) is 16.9 Å². The van der Waals surface area contributed by atoms with E-state index < -0.39 is 11.9 Å². The van der Waals surface area contributed by atoms with Crippen LogP contribution >= 0.6 is 46.4 Å². The summed E-state index contributed by atoms with van der Waals surface area (Å²) in [6.45, 7) is 0. The summed E-state index contributed by atoms with van der Waals surface area (Å²) < 4.78 is 5.61. The van der Waals surface area contributed by atoms with Gasteiger partial charge in [-0.1, -0.05) is 52.5 Å². The molecule has 6 nitrogen and oxygen atoms in total. The molecule has 3 amide bonds. The first-order chi connectivity index (χ1) is 13.8. The van der Waals surface area contributed by atoms with E-state index in [-0.39, 0.29) is 21.4 Å². The molecule has 148 valence electrons. The Bertz CT molecular complexity index is 1030. The van der Waals surface area contributed by atoms with Crippen molar-refractivity contribution in [3.8, 4) is 11.5 Å². The van der Waals surface area contributed by atoms with E-state index in [0.717, 1.165) is 0 Å². The van der Waals surface area contributed by atoms with Crippen LogP contribution in [0.4, 0.5) is 10.6 Å². The Morgan fingerprint density at radius 1 is 0.862 bits per heavy atom. The lowest BCUT2D eigenvalue weighted by molar-refractivity contribution is 0.0967. The second-order valence-electron chi connectivity index (χ2n) is 5.59. The van der Waals surface area contributed by atoms with Crippen molar-refractivity contribution in [2.24, 2.45) is 0 Å². The average Bonchev–Trinajstić information content (AvgIpc) is 2.62. The highest BCUT2D eigenvalue weighted by molar-refractivity contribution is 6.40. The zero-order chi connectivity index (χ0) is 21.0. The van der Waals surface area contributed by atoms with Crippen LogP contribution in [0.2, 0.25) is 20.1 Å². The lowest BCUT2D eigenvalue weighted by atomic mass is 10.2. The number of halogens is 4. The molecule has 0 atom stereocenters. The molecule has 2 N–H and O–H groups in total. The van der Waals surface area contributed by atoms with Gasteiger partial charge in [0.05, 0.1) is 21.8 Å². The van der Waals surface area contributed by atoms with E-state index in [1.54, 1.807) is 30.3 Å². The van der Waals surface area contributed by atoms with Crippen LogP contribution in [0, 0.1) is 0 Å². The molecule has 29 heavy (non-hydrogen) atoms. The number of pyridine rings is 1. The molecule has 0 aliphatic rings. The predicted molar refractivity (Wildman–Crippen MR) is 114 cm³/mol. The fourth-order valence-corrected chi connectivity index (χ4v) is 3.34. The number of nitrogens with one attached hydrogen (secondary N) is 2. The third-order valence-electron chi connectivity index (χ3n) is 3.47. The summed E-state index contributed by atoms with van der Waals surface area (Å²) in [7, 11) is 0. The number of aromatic nitrogens is 1. The van der Waals surface area contributed by atoms with E-state index >= 15 is 0 Å². The minimum absolute atomic E-state index is 0.00266. The van der Waals surface area contributed by atoms with Gasteiger partial charge >= 0.3 is 6.03 Å². The smallest absolute Gasteiger partial charge is 0.327 e. The van der Waals surface area contributed by atoms with Crippen LogP contribution in [0.25, 0.3) is 0 Å². The lowest BCUT2D eigenvalue weighted by Gasteiger charge is -2.09. The first-order valence-electron chi connectivity index (χ1n) is 7.98. The third-order valence-corrected chi connectivity index (χ3v) is 4.53. The molecule has 1 heterocycles. The number of carbonyl (C=O) groups excluding carboxylic acids is 2. The van der Waals surface area contributed by atoms with Gasteiger partial charge in [-0.05, 0) is 42.5 Å². The van der Waals surface area contributed by atoms with Crippen molar-refractivity contribution < 1.29 is 14.3 Å². The Kier molecular flexibility index (Phi) is 6.82. The molecule has 0 radical (unpaired) electrons. The molecule has 0 aliphatic heterocycles. The number of imide groups is 1. The minimum atomic E-state index is -0.797. The molecular formula is C19H11Cl4N3O3. The molecular weight excluding hydrogens is 460 g/mol. The van der Waals surface area contributed by atoms with Gasteiger partial charge in [-0.2, -0.15) is 0 Å². The van der Waals surface area contributed by atoms with Crippen LogP contribution in [0.1, 0.15) is 10.4 Å². The molecule has 0 spiro atoms. The van der Waals surface area contributed by atoms with E-state index in [0.29, 0.717) is 21.5 Å². The fraction of sp³-hybridized carbons (Fsp3) is 0. The van der Waals surface area contributed by atoms with E-state index in [1.165, 1.54) is 24.4 Å². The topological polar surface area (TPSA) is 80.3 Å². The summed E-state index contributed by atoms with van der Waals surface area (Å²) in [6, 6.07) is 11.6. The molecule has 0 unspecified atom stereocenters. The Labute approximate surface area is 185 Å². The van der Waals surface area contributed by atoms with Crippen molar-refractivity contribution in [2.75, 3.05) is 5.32 Å². The second-order valence-corrected chi connectivity index (χ2v) is 7.28.